The Morgan fingerprint density at radius 3 is 2.24 bits per heavy atom. The Hall–Kier alpha value is -1.96. The Kier molecular flexibility index (Phi) is 3.05. The van der Waals surface area contributed by atoms with Gasteiger partial charge < -0.3 is 15.2 Å². The van der Waals surface area contributed by atoms with E-state index in [1.807, 2.05) is 0 Å². The van der Waals surface area contributed by atoms with E-state index in [-0.39, 0.29) is 36.3 Å². The summed E-state index contributed by atoms with van der Waals surface area (Å²) < 4.78 is 9.82. The van der Waals surface area contributed by atoms with Crippen LogP contribution in [0, 0.1) is 0 Å². The van der Waals surface area contributed by atoms with Crippen molar-refractivity contribution in [2.45, 2.75) is 12.5 Å². The minimum Gasteiger partial charge on any atom is -0.467 e. The molecule has 8 nitrogen and oxygen atoms in total. The molecule has 0 saturated carbocycles. The summed E-state index contributed by atoms with van der Waals surface area (Å²) in [5.41, 5.74) is 5.70. The number of nitrogens with zero attached hydrogens (tertiary/aromatic N) is 4. The second-order valence-electron chi connectivity index (χ2n) is 3.58. The number of carbonyl (C=O) groups is 1. The number of ether oxygens (including phenoxy) is 2. The zero-order chi connectivity index (χ0) is 12.4. The van der Waals surface area contributed by atoms with Gasteiger partial charge in [-0.3, -0.25) is 9.69 Å². The summed E-state index contributed by atoms with van der Waals surface area (Å²) in [7, 11) is 2.85. The van der Waals surface area contributed by atoms with Crippen LogP contribution in [0.1, 0.15) is 6.42 Å². The fraction of sp³-hybridized carbons (Fsp3) is 0.556. The molecule has 1 amide bonds. The van der Waals surface area contributed by atoms with Crippen LogP contribution >= 0.6 is 0 Å². The molecule has 1 unspecified atom stereocenters. The molecule has 8 heteroatoms. The molecule has 2 rings (SSSR count). The van der Waals surface area contributed by atoms with Gasteiger partial charge in [-0.1, -0.05) is 0 Å². The van der Waals surface area contributed by atoms with E-state index in [0.717, 1.165) is 0 Å². The lowest BCUT2D eigenvalue weighted by Crippen LogP contribution is -2.29. The third kappa shape index (κ3) is 2.26. The second-order valence-corrected chi connectivity index (χ2v) is 3.58. The largest absolute Gasteiger partial charge is 0.467 e. The van der Waals surface area contributed by atoms with Crippen LogP contribution in [0.25, 0.3) is 0 Å². The number of nitrogens with two attached hydrogens (primary N) is 1. The van der Waals surface area contributed by atoms with Crippen molar-refractivity contribution in [2.75, 3.05) is 25.7 Å². The number of anilines is 1. The van der Waals surface area contributed by atoms with Crippen LogP contribution in [0.5, 0.6) is 12.0 Å². The molecule has 1 aromatic heterocycles. The molecule has 1 atom stereocenters. The van der Waals surface area contributed by atoms with E-state index in [1.54, 1.807) is 0 Å². The van der Waals surface area contributed by atoms with Gasteiger partial charge >= 0.3 is 12.0 Å². The van der Waals surface area contributed by atoms with Gasteiger partial charge in [0.25, 0.3) is 0 Å². The van der Waals surface area contributed by atoms with E-state index in [2.05, 4.69) is 15.0 Å². The lowest BCUT2D eigenvalue weighted by molar-refractivity contribution is -0.117. The summed E-state index contributed by atoms with van der Waals surface area (Å²) in [5, 5.41) is 0. The third-order valence-corrected chi connectivity index (χ3v) is 2.34. The Morgan fingerprint density at radius 1 is 1.24 bits per heavy atom. The fourth-order valence-electron chi connectivity index (χ4n) is 1.56. The quantitative estimate of drug-likeness (QED) is 0.717. The topological polar surface area (TPSA) is 103 Å². The van der Waals surface area contributed by atoms with Crippen LogP contribution < -0.4 is 20.1 Å². The van der Waals surface area contributed by atoms with Crippen molar-refractivity contribution in [3.8, 4) is 12.0 Å². The maximum absolute atomic E-state index is 11.6. The number of rotatable bonds is 3. The van der Waals surface area contributed by atoms with Crippen molar-refractivity contribution < 1.29 is 14.3 Å². The van der Waals surface area contributed by atoms with E-state index in [0.29, 0.717) is 6.54 Å². The first-order valence-electron chi connectivity index (χ1n) is 5.04. The van der Waals surface area contributed by atoms with Crippen molar-refractivity contribution >= 4 is 11.9 Å². The molecule has 2 heterocycles. The smallest absolute Gasteiger partial charge is 0.324 e. The average molecular weight is 239 g/mol. The molecule has 1 fully saturated rings. The monoisotopic (exact) mass is 239 g/mol. The molecule has 1 aliphatic rings. The molecule has 1 saturated heterocycles. The number of aromatic nitrogens is 3. The predicted octanol–water partition coefficient (Wildman–Crippen LogP) is -1.05. The number of carbonyl (C=O) groups excluding carboxylic acids is 1. The predicted molar refractivity (Wildman–Crippen MR) is 57.9 cm³/mol. The minimum atomic E-state index is -0.198. The van der Waals surface area contributed by atoms with E-state index in [1.165, 1.54) is 19.1 Å². The van der Waals surface area contributed by atoms with Crippen LogP contribution in [0.4, 0.5) is 5.95 Å². The minimum absolute atomic E-state index is 0.0973. The van der Waals surface area contributed by atoms with E-state index >= 15 is 0 Å². The van der Waals surface area contributed by atoms with Crippen molar-refractivity contribution in [2.24, 2.45) is 5.73 Å². The lowest BCUT2D eigenvalue weighted by Gasteiger charge is -2.14. The zero-order valence-corrected chi connectivity index (χ0v) is 9.58. The van der Waals surface area contributed by atoms with Crippen LogP contribution in [0.15, 0.2) is 0 Å². The first kappa shape index (κ1) is 11.5. The van der Waals surface area contributed by atoms with Gasteiger partial charge in [-0.25, -0.2) is 0 Å². The maximum Gasteiger partial charge on any atom is 0.324 e. The van der Waals surface area contributed by atoms with E-state index in [4.69, 9.17) is 15.2 Å². The summed E-state index contributed by atoms with van der Waals surface area (Å²) in [5.74, 6) is 0.0828. The van der Waals surface area contributed by atoms with Gasteiger partial charge in [-0.05, 0) is 0 Å². The highest BCUT2D eigenvalue weighted by molar-refractivity contribution is 5.94. The Morgan fingerprint density at radius 2 is 1.82 bits per heavy atom. The molecule has 0 aliphatic carbocycles. The molecular weight excluding hydrogens is 226 g/mol. The van der Waals surface area contributed by atoms with Gasteiger partial charge in [-0.15, -0.1) is 4.98 Å². The van der Waals surface area contributed by atoms with E-state index in [9.17, 15) is 4.79 Å². The van der Waals surface area contributed by atoms with E-state index < -0.39 is 0 Å². The van der Waals surface area contributed by atoms with Crippen LogP contribution in [0.2, 0.25) is 0 Å². The summed E-state index contributed by atoms with van der Waals surface area (Å²) in [6.07, 6.45) is 0.288. The van der Waals surface area contributed by atoms with Gasteiger partial charge in [0.1, 0.15) is 0 Å². The number of hydrogen-bond acceptors (Lipinski definition) is 7. The number of methoxy groups -OCH3 is 2. The van der Waals surface area contributed by atoms with Gasteiger partial charge in [0.15, 0.2) is 0 Å². The number of amides is 1. The SMILES string of the molecule is COc1nc(OC)nc(N2CC(N)CC2=O)n1. The normalized spacial score (nSPS) is 19.6. The first-order chi connectivity index (χ1) is 8.13. The van der Waals surface area contributed by atoms with Gasteiger partial charge in [0.2, 0.25) is 11.9 Å². The second kappa shape index (κ2) is 4.50. The molecule has 0 spiro atoms. The van der Waals surface area contributed by atoms with Gasteiger partial charge in [0.05, 0.1) is 14.2 Å². The molecule has 0 aromatic carbocycles. The summed E-state index contributed by atoms with van der Waals surface area (Å²) in [4.78, 5) is 24.9. The summed E-state index contributed by atoms with van der Waals surface area (Å²) >= 11 is 0. The Bertz CT molecular complexity index is 416. The lowest BCUT2D eigenvalue weighted by atomic mass is 10.3. The molecular formula is C9H13N5O3. The average Bonchev–Trinajstić information content (AvgIpc) is 2.67. The molecule has 1 aliphatic heterocycles. The zero-order valence-electron chi connectivity index (χ0n) is 9.58. The first-order valence-corrected chi connectivity index (χ1v) is 5.04. The van der Waals surface area contributed by atoms with Crippen molar-refractivity contribution in [1.82, 2.24) is 15.0 Å². The van der Waals surface area contributed by atoms with Crippen LogP contribution in [0.3, 0.4) is 0 Å². The summed E-state index contributed by atoms with van der Waals surface area (Å²) in [6, 6.07) is -0.00324. The highest BCUT2D eigenvalue weighted by atomic mass is 16.5. The molecule has 2 N–H and O–H groups in total. The van der Waals surface area contributed by atoms with Crippen molar-refractivity contribution in [3.63, 3.8) is 0 Å². The maximum atomic E-state index is 11.6. The highest BCUT2D eigenvalue weighted by Gasteiger charge is 2.30. The Balaban J connectivity index is 2.34. The van der Waals surface area contributed by atoms with Crippen molar-refractivity contribution in [1.29, 1.82) is 0 Å². The Labute approximate surface area is 97.8 Å². The standard InChI is InChI=1S/C9H13N5O3/c1-16-8-11-7(12-9(13-8)17-2)14-4-5(10)3-6(14)15/h5H,3-4,10H2,1-2H3. The molecule has 1 aromatic rings. The van der Waals surface area contributed by atoms with Gasteiger partial charge in [-0.2, -0.15) is 9.97 Å². The molecule has 0 radical (unpaired) electrons. The highest BCUT2D eigenvalue weighted by Crippen LogP contribution is 2.20. The van der Waals surface area contributed by atoms with Crippen molar-refractivity contribution in [3.05, 3.63) is 0 Å². The molecule has 92 valence electrons. The number of hydrogen-bond donors (Lipinski definition) is 1. The molecule has 17 heavy (non-hydrogen) atoms. The van der Waals surface area contributed by atoms with Crippen LogP contribution in [-0.4, -0.2) is 47.7 Å². The molecule has 0 bridgehead atoms. The fourth-order valence-corrected chi connectivity index (χ4v) is 1.56. The van der Waals surface area contributed by atoms with Gasteiger partial charge in [0, 0.05) is 19.0 Å². The summed E-state index contributed by atoms with van der Waals surface area (Å²) in [6.45, 7) is 0.384. The third-order valence-electron chi connectivity index (χ3n) is 2.34. The van der Waals surface area contributed by atoms with Crippen LogP contribution in [-0.2, 0) is 4.79 Å².